The molecule has 42 heavy (non-hydrogen) atoms. The quantitative estimate of drug-likeness (QED) is 0.402. The van der Waals surface area contributed by atoms with Crippen molar-refractivity contribution in [2.24, 2.45) is 15.9 Å². The van der Waals surface area contributed by atoms with E-state index in [-0.39, 0.29) is 0 Å². The van der Waals surface area contributed by atoms with E-state index in [4.69, 9.17) is 9.98 Å². The van der Waals surface area contributed by atoms with Crippen molar-refractivity contribution in [1.82, 2.24) is 4.98 Å². The van der Waals surface area contributed by atoms with Crippen LogP contribution in [0.15, 0.2) is 63.1 Å². The molecule has 7 heteroatoms. The zero-order valence-electron chi connectivity index (χ0n) is 25.8. The fourth-order valence-electron chi connectivity index (χ4n) is 6.01. The molecule has 0 radical (unpaired) electrons. The van der Waals surface area contributed by atoms with Gasteiger partial charge in [-0.1, -0.05) is 24.6 Å². The zero-order chi connectivity index (χ0) is 30.0. The molecule has 1 fully saturated rings. The average Bonchev–Trinajstić information content (AvgIpc) is 3.10. The van der Waals surface area contributed by atoms with Crippen LogP contribution in [-0.2, 0) is 0 Å². The normalized spacial score (nSPS) is 21.0. The molecule has 1 aliphatic carbocycles. The Balaban J connectivity index is 1.39. The summed E-state index contributed by atoms with van der Waals surface area (Å²) < 4.78 is 0. The van der Waals surface area contributed by atoms with Gasteiger partial charge in [0.2, 0.25) is 0 Å². The van der Waals surface area contributed by atoms with Crippen LogP contribution in [-0.4, -0.2) is 53.9 Å². The summed E-state index contributed by atoms with van der Waals surface area (Å²) in [4.78, 5) is 19.2. The lowest BCUT2D eigenvalue weighted by Gasteiger charge is -2.25. The monoisotopic (exact) mass is 562 g/mol. The molecule has 0 amide bonds. The highest BCUT2D eigenvalue weighted by atomic mass is 16.3. The smallest absolute Gasteiger partial charge is 0.173 e. The van der Waals surface area contributed by atoms with E-state index in [9.17, 15) is 10.4 Å². The molecule has 2 aromatic rings. The first-order valence-electron chi connectivity index (χ1n) is 15.0. The van der Waals surface area contributed by atoms with Crippen LogP contribution < -0.4 is 9.80 Å². The number of hydrogen-bond donors (Lipinski definition) is 1. The molecule has 0 saturated carbocycles. The third kappa shape index (κ3) is 6.24. The van der Waals surface area contributed by atoms with Gasteiger partial charge in [0, 0.05) is 54.4 Å². The zero-order valence-corrected chi connectivity index (χ0v) is 25.8. The van der Waals surface area contributed by atoms with E-state index >= 15 is 0 Å². The molecule has 0 bridgehead atoms. The van der Waals surface area contributed by atoms with Crippen LogP contribution >= 0.6 is 0 Å². The fourth-order valence-corrected chi connectivity index (χ4v) is 6.01. The predicted molar refractivity (Wildman–Crippen MR) is 174 cm³/mol. The van der Waals surface area contributed by atoms with Crippen molar-refractivity contribution < 1.29 is 5.11 Å². The molecule has 5 rings (SSSR count). The summed E-state index contributed by atoms with van der Waals surface area (Å²) in [6.07, 6.45) is 8.31. The molecule has 2 aliphatic heterocycles. The van der Waals surface area contributed by atoms with Gasteiger partial charge in [0.1, 0.15) is 11.9 Å². The molecule has 1 N–H and O–H groups in total. The Kier molecular flexibility index (Phi) is 8.74. The molecular weight excluding hydrogens is 520 g/mol. The van der Waals surface area contributed by atoms with Gasteiger partial charge < -0.3 is 14.9 Å². The second-order valence-corrected chi connectivity index (χ2v) is 12.1. The van der Waals surface area contributed by atoms with Crippen LogP contribution in [0.25, 0.3) is 6.08 Å². The Labute approximate surface area is 250 Å². The second-order valence-electron chi connectivity index (χ2n) is 12.1. The lowest BCUT2D eigenvalue weighted by Crippen LogP contribution is -2.31. The summed E-state index contributed by atoms with van der Waals surface area (Å²) in [5.41, 5.74) is 10.3. The topological polar surface area (TPSA) is 88.1 Å². The molecule has 1 aromatic heterocycles. The summed E-state index contributed by atoms with van der Waals surface area (Å²) in [7, 11) is 0. The highest BCUT2D eigenvalue weighted by molar-refractivity contribution is 6.15. The van der Waals surface area contributed by atoms with Crippen molar-refractivity contribution in [2.75, 3.05) is 36.0 Å². The summed E-state index contributed by atoms with van der Waals surface area (Å²) >= 11 is 0. The van der Waals surface area contributed by atoms with Crippen molar-refractivity contribution in [1.29, 1.82) is 5.26 Å². The molecule has 3 heterocycles. The van der Waals surface area contributed by atoms with Crippen molar-refractivity contribution in [3.8, 4) is 6.07 Å². The van der Waals surface area contributed by atoms with Gasteiger partial charge in [-0.3, -0.25) is 9.98 Å². The molecular formula is C35H42N6O. The maximum absolute atomic E-state index is 10.8. The van der Waals surface area contributed by atoms with Crippen LogP contribution in [0.3, 0.4) is 0 Å². The van der Waals surface area contributed by atoms with Crippen LogP contribution in [0, 0.1) is 31.1 Å². The van der Waals surface area contributed by atoms with Crippen molar-refractivity contribution in [2.45, 2.75) is 67.0 Å². The number of aliphatic hydroxyl groups excluding tert-OH is 1. The maximum atomic E-state index is 10.8. The number of allylic oxidation sites excluding steroid dienone is 4. The van der Waals surface area contributed by atoms with E-state index in [1.54, 1.807) is 0 Å². The first-order valence-corrected chi connectivity index (χ1v) is 15.0. The fraction of sp³-hybridized carbons (Fsp3) is 0.429. The number of nitriles is 1. The standard InChI is InChI=1S/C35H42N6O/c1-22(2)17-30-25(5)24(4)19-33(38-30)41-14-8-13-40(15-16-41)28-12-11-27(21-36)31(20-28)37-26(6)34-29-10-7-9-23(3)18-32(29)39-35(34)42/h7,10-12,17,19-20,23,35,42H,8-9,13-16,18H2,1-6H3. The minimum absolute atomic E-state index is 0.484. The van der Waals surface area contributed by atoms with E-state index in [2.05, 4.69) is 79.8 Å². The highest BCUT2D eigenvalue weighted by Crippen LogP contribution is 2.33. The number of aromatic nitrogens is 1. The third-order valence-electron chi connectivity index (χ3n) is 8.45. The van der Waals surface area contributed by atoms with Gasteiger partial charge >= 0.3 is 0 Å². The van der Waals surface area contributed by atoms with Gasteiger partial charge in [-0.2, -0.15) is 5.26 Å². The van der Waals surface area contributed by atoms with Gasteiger partial charge in [-0.15, -0.1) is 0 Å². The minimum atomic E-state index is -0.921. The van der Waals surface area contributed by atoms with Crippen LogP contribution in [0.5, 0.6) is 0 Å². The number of aliphatic hydroxyl groups is 1. The molecule has 1 saturated heterocycles. The van der Waals surface area contributed by atoms with Crippen LogP contribution in [0.4, 0.5) is 17.2 Å². The molecule has 2 atom stereocenters. The second kappa shape index (κ2) is 12.5. The van der Waals surface area contributed by atoms with E-state index in [1.165, 1.54) is 16.7 Å². The van der Waals surface area contributed by atoms with Crippen LogP contribution in [0.1, 0.15) is 69.3 Å². The van der Waals surface area contributed by atoms with Crippen LogP contribution in [0.2, 0.25) is 0 Å². The minimum Gasteiger partial charge on any atom is -0.370 e. The van der Waals surface area contributed by atoms with E-state index in [1.807, 2.05) is 25.1 Å². The number of aliphatic imine (C=N–C) groups is 2. The van der Waals surface area contributed by atoms with Crippen molar-refractivity contribution in [3.63, 3.8) is 0 Å². The lowest BCUT2D eigenvalue weighted by atomic mass is 9.97. The Morgan fingerprint density at radius 1 is 1.10 bits per heavy atom. The Bertz CT molecular complexity index is 1570. The van der Waals surface area contributed by atoms with E-state index in [0.717, 1.165) is 79.5 Å². The van der Waals surface area contributed by atoms with E-state index < -0.39 is 6.23 Å². The number of aryl methyl sites for hydroxylation is 1. The number of hydrogen-bond acceptors (Lipinski definition) is 7. The third-order valence-corrected chi connectivity index (χ3v) is 8.45. The van der Waals surface area contributed by atoms with Crippen molar-refractivity contribution >= 4 is 34.7 Å². The van der Waals surface area contributed by atoms with E-state index in [0.29, 0.717) is 22.9 Å². The number of rotatable bonds is 5. The predicted octanol–water partition coefficient (Wildman–Crippen LogP) is 6.86. The Hall–Kier alpha value is -4.02. The molecule has 7 nitrogen and oxygen atoms in total. The summed E-state index contributed by atoms with van der Waals surface area (Å²) in [6, 6.07) is 10.4. The Morgan fingerprint density at radius 3 is 2.62 bits per heavy atom. The summed E-state index contributed by atoms with van der Waals surface area (Å²) in [5, 5.41) is 20.7. The number of nitrogens with zero attached hydrogens (tertiary/aromatic N) is 6. The molecule has 1 aromatic carbocycles. The molecule has 3 aliphatic rings. The summed E-state index contributed by atoms with van der Waals surface area (Å²) in [6.45, 7) is 16.2. The highest BCUT2D eigenvalue weighted by Gasteiger charge is 2.29. The molecule has 0 spiro atoms. The summed E-state index contributed by atoms with van der Waals surface area (Å²) in [5.74, 6) is 1.51. The SMILES string of the molecule is CC(C)=Cc1nc(N2CCCN(c3ccc(C#N)c(N=C(C)C4=C5C=CCC(C)CC5=NC4O)c3)CC2)cc(C)c1C. The van der Waals surface area contributed by atoms with Gasteiger partial charge in [0.25, 0.3) is 0 Å². The van der Waals surface area contributed by atoms with Gasteiger partial charge in [-0.05, 0) is 101 Å². The lowest BCUT2D eigenvalue weighted by molar-refractivity contribution is 0.230. The first-order chi connectivity index (χ1) is 20.1. The van der Waals surface area contributed by atoms with Gasteiger partial charge in [0.15, 0.2) is 6.23 Å². The Morgan fingerprint density at radius 2 is 1.86 bits per heavy atom. The number of anilines is 2. The average molecular weight is 563 g/mol. The molecule has 2 unspecified atom stereocenters. The largest absolute Gasteiger partial charge is 0.370 e. The number of fused-ring (bicyclic) bond motifs is 1. The van der Waals surface area contributed by atoms with Gasteiger partial charge in [0.05, 0.1) is 16.9 Å². The molecule has 218 valence electrons. The number of benzene rings is 1. The van der Waals surface area contributed by atoms with Gasteiger partial charge in [-0.25, -0.2) is 4.98 Å². The van der Waals surface area contributed by atoms with Crippen molar-refractivity contribution in [3.05, 3.63) is 75.5 Å². The first kappa shape index (κ1) is 29.5. The maximum Gasteiger partial charge on any atom is 0.173 e. The number of pyridine rings is 1.